The summed E-state index contributed by atoms with van der Waals surface area (Å²) in [6, 6.07) is 16.9. The number of nitrogens with one attached hydrogen (secondary N) is 1. The molecule has 0 bridgehead atoms. The van der Waals surface area contributed by atoms with Gasteiger partial charge in [-0.2, -0.15) is 5.26 Å². The van der Waals surface area contributed by atoms with Crippen LogP contribution in [0.3, 0.4) is 0 Å². The van der Waals surface area contributed by atoms with E-state index in [0.717, 1.165) is 22.2 Å². The number of nitrogens with two attached hydrogens (primary N) is 1. The Hall–Kier alpha value is -3.39. The Balaban J connectivity index is 1.94. The van der Waals surface area contributed by atoms with Crippen LogP contribution in [0.25, 0.3) is 10.9 Å². The Bertz CT molecular complexity index is 928. The summed E-state index contributed by atoms with van der Waals surface area (Å²) in [4.78, 5) is 15.5. The van der Waals surface area contributed by atoms with E-state index < -0.39 is 5.91 Å². The molecule has 0 aliphatic heterocycles. The first kappa shape index (κ1) is 14.5. The van der Waals surface area contributed by atoms with Gasteiger partial charge in [0.05, 0.1) is 16.8 Å². The van der Waals surface area contributed by atoms with Crippen molar-refractivity contribution in [3.8, 4) is 6.07 Å². The molecule has 0 atom stereocenters. The molecule has 3 rings (SSSR count). The van der Waals surface area contributed by atoms with Gasteiger partial charge in [0, 0.05) is 23.7 Å². The minimum Gasteiger partial charge on any atom is -0.379 e. The second-order valence-electron chi connectivity index (χ2n) is 5.09. The van der Waals surface area contributed by atoms with Gasteiger partial charge in [-0.3, -0.25) is 9.78 Å². The highest BCUT2D eigenvalue weighted by Crippen LogP contribution is 2.25. The first-order chi connectivity index (χ1) is 11.2. The highest BCUT2D eigenvalue weighted by Gasteiger charge is 2.08. The van der Waals surface area contributed by atoms with Crippen LogP contribution in [0.4, 0.5) is 5.69 Å². The van der Waals surface area contributed by atoms with Crippen LogP contribution < -0.4 is 11.1 Å². The molecule has 1 aromatic heterocycles. The van der Waals surface area contributed by atoms with Crippen LogP contribution >= 0.6 is 0 Å². The summed E-state index contributed by atoms with van der Waals surface area (Å²) < 4.78 is 0. The Kier molecular flexibility index (Phi) is 3.89. The van der Waals surface area contributed by atoms with E-state index in [4.69, 9.17) is 5.73 Å². The van der Waals surface area contributed by atoms with Gasteiger partial charge in [-0.25, -0.2) is 0 Å². The molecule has 0 saturated heterocycles. The van der Waals surface area contributed by atoms with Crippen LogP contribution in [0.15, 0.2) is 54.7 Å². The largest absolute Gasteiger partial charge is 0.379 e. The van der Waals surface area contributed by atoms with Crippen molar-refractivity contribution in [2.24, 2.45) is 5.73 Å². The van der Waals surface area contributed by atoms with E-state index >= 15 is 0 Å². The van der Waals surface area contributed by atoms with E-state index in [-0.39, 0.29) is 0 Å². The summed E-state index contributed by atoms with van der Waals surface area (Å²) in [6.45, 7) is 0.476. The number of carbonyl (C=O) groups is 1. The molecule has 2 aromatic carbocycles. The molecular formula is C18H14N4O. The lowest BCUT2D eigenvalue weighted by molar-refractivity contribution is 0.1000. The maximum atomic E-state index is 11.3. The van der Waals surface area contributed by atoms with E-state index in [2.05, 4.69) is 16.4 Å². The minimum atomic E-state index is -0.459. The van der Waals surface area contributed by atoms with Gasteiger partial charge in [0.2, 0.25) is 5.91 Å². The summed E-state index contributed by atoms with van der Waals surface area (Å²) >= 11 is 0. The van der Waals surface area contributed by atoms with E-state index in [1.54, 1.807) is 24.4 Å². The van der Waals surface area contributed by atoms with Crippen LogP contribution in [-0.2, 0) is 6.54 Å². The zero-order valence-electron chi connectivity index (χ0n) is 12.3. The topological polar surface area (TPSA) is 91.8 Å². The van der Waals surface area contributed by atoms with Gasteiger partial charge in [0.25, 0.3) is 0 Å². The van der Waals surface area contributed by atoms with Crippen LogP contribution in [0.1, 0.15) is 21.5 Å². The number of pyridine rings is 1. The van der Waals surface area contributed by atoms with Crippen LogP contribution in [0, 0.1) is 11.3 Å². The number of hydrogen-bond acceptors (Lipinski definition) is 4. The van der Waals surface area contributed by atoms with Crippen LogP contribution in [-0.4, -0.2) is 10.9 Å². The number of nitrogens with zero attached hydrogens (tertiary/aromatic N) is 2. The number of fused-ring (bicyclic) bond motifs is 1. The Labute approximate surface area is 133 Å². The molecule has 0 spiro atoms. The molecule has 1 amide bonds. The molecule has 5 nitrogen and oxygen atoms in total. The summed E-state index contributed by atoms with van der Waals surface area (Å²) in [7, 11) is 0. The van der Waals surface area contributed by atoms with E-state index in [1.165, 1.54) is 0 Å². The first-order valence-electron chi connectivity index (χ1n) is 7.09. The minimum absolute atomic E-state index is 0.459. The highest BCUT2D eigenvalue weighted by atomic mass is 16.1. The van der Waals surface area contributed by atoms with Gasteiger partial charge < -0.3 is 11.1 Å². The normalized spacial score (nSPS) is 10.2. The number of rotatable bonds is 4. The lowest BCUT2D eigenvalue weighted by atomic mass is 10.1. The summed E-state index contributed by atoms with van der Waals surface area (Å²) in [5, 5.41) is 13.5. The molecule has 0 unspecified atom stereocenters. The number of anilines is 1. The number of para-hydroxylation sites is 1. The third kappa shape index (κ3) is 2.97. The van der Waals surface area contributed by atoms with Crippen molar-refractivity contribution in [3.05, 3.63) is 71.4 Å². The fraction of sp³-hybridized carbons (Fsp3) is 0.0556. The zero-order valence-corrected chi connectivity index (χ0v) is 12.3. The van der Waals surface area contributed by atoms with Gasteiger partial charge in [0.1, 0.15) is 6.07 Å². The van der Waals surface area contributed by atoms with Crippen LogP contribution in [0.5, 0.6) is 0 Å². The molecule has 0 radical (unpaired) electrons. The first-order valence-corrected chi connectivity index (χ1v) is 7.09. The van der Waals surface area contributed by atoms with Crippen LogP contribution in [0.2, 0.25) is 0 Å². The van der Waals surface area contributed by atoms with Crippen molar-refractivity contribution in [1.82, 2.24) is 4.98 Å². The Morgan fingerprint density at radius 2 is 2.04 bits per heavy atom. The van der Waals surface area contributed by atoms with E-state index in [0.29, 0.717) is 17.7 Å². The number of nitriles is 1. The number of amides is 1. The zero-order chi connectivity index (χ0) is 16.2. The van der Waals surface area contributed by atoms with Crippen molar-refractivity contribution >= 4 is 22.5 Å². The van der Waals surface area contributed by atoms with E-state index in [1.807, 2.05) is 30.3 Å². The third-order valence-electron chi connectivity index (χ3n) is 3.58. The molecule has 3 aromatic rings. The number of carbonyl (C=O) groups excluding carboxylic acids is 1. The van der Waals surface area contributed by atoms with E-state index in [9.17, 15) is 10.1 Å². The fourth-order valence-corrected chi connectivity index (χ4v) is 2.44. The van der Waals surface area contributed by atoms with Crippen molar-refractivity contribution in [1.29, 1.82) is 5.26 Å². The lowest BCUT2D eigenvalue weighted by Gasteiger charge is -2.11. The number of aromatic nitrogens is 1. The molecule has 23 heavy (non-hydrogen) atoms. The average Bonchev–Trinajstić information content (AvgIpc) is 2.59. The van der Waals surface area contributed by atoms with Gasteiger partial charge in [-0.05, 0) is 23.8 Å². The highest BCUT2D eigenvalue weighted by molar-refractivity contribution is 5.94. The lowest BCUT2D eigenvalue weighted by Crippen LogP contribution is -2.11. The molecule has 0 aliphatic carbocycles. The predicted octanol–water partition coefficient (Wildman–Crippen LogP) is 2.82. The predicted molar refractivity (Wildman–Crippen MR) is 88.7 cm³/mol. The Morgan fingerprint density at radius 1 is 1.22 bits per heavy atom. The second kappa shape index (κ2) is 6.16. The summed E-state index contributed by atoms with van der Waals surface area (Å²) in [5.41, 5.74) is 8.71. The van der Waals surface area contributed by atoms with Gasteiger partial charge >= 0.3 is 0 Å². The maximum absolute atomic E-state index is 11.3. The van der Waals surface area contributed by atoms with Crippen molar-refractivity contribution in [3.63, 3.8) is 0 Å². The maximum Gasteiger partial charge on any atom is 0.248 e. The molecule has 5 heteroatoms. The smallest absolute Gasteiger partial charge is 0.248 e. The van der Waals surface area contributed by atoms with Gasteiger partial charge in [0.15, 0.2) is 0 Å². The standard InChI is InChI=1S/C18H14N4O/c19-9-14-11-21-16-7-2-1-6-15(16)17(14)22-10-12-4-3-5-13(8-12)18(20)23/h1-8,11H,10H2,(H2,20,23)(H,21,22). The number of hydrogen-bond donors (Lipinski definition) is 2. The fourth-order valence-electron chi connectivity index (χ4n) is 2.44. The monoisotopic (exact) mass is 302 g/mol. The molecule has 0 aliphatic rings. The van der Waals surface area contributed by atoms with Gasteiger partial charge in [-0.15, -0.1) is 0 Å². The summed E-state index contributed by atoms with van der Waals surface area (Å²) in [6.07, 6.45) is 1.56. The Morgan fingerprint density at radius 3 is 2.83 bits per heavy atom. The SMILES string of the molecule is N#Cc1cnc2ccccc2c1NCc1cccc(C(N)=O)c1. The number of primary amides is 1. The molecule has 0 saturated carbocycles. The molecular weight excluding hydrogens is 288 g/mol. The molecule has 1 heterocycles. The quantitative estimate of drug-likeness (QED) is 0.775. The molecule has 112 valence electrons. The molecule has 0 fully saturated rings. The van der Waals surface area contributed by atoms with Crippen molar-refractivity contribution in [2.75, 3.05) is 5.32 Å². The average molecular weight is 302 g/mol. The van der Waals surface area contributed by atoms with Crippen molar-refractivity contribution in [2.45, 2.75) is 6.54 Å². The molecule has 3 N–H and O–H groups in total. The number of benzene rings is 2. The van der Waals surface area contributed by atoms with Gasteiger partial charge in [-0.1, -0.05) is 30.3 Å². The van der Waals surface area contributed by atoms with Crippen molar-refractivity contribution < 1.29 is 4.79 Å². The second-order valence-corrected chi connectivity index (χ2v) is 5.09. The third-order valence-corrected chi connectivity index (χ3v) is 3.58. The summed E-state index contributed by atoms with van der Waals surface area (Å²) in [5.74, 6) is -0.459.